The second-order valence-corrected chi connectivity index (χ2v) is 18.3. The monoisotopic (exact) mass is 848 g/mol. The minimum Gasteiger partial charge on any atom is -0.508 e. The molecule has 13 rings (SSSR count). The van der Waals surface area contributed by atoms with Gasteiger partial charge in [-0.15, -0.1) is 11.3 Å². The predicted molar refractivity (Wildman–Crippen MR) is 276 cm³/mol. The topological polar surface area (TPSA) is 33.4 Å². The largest absolute Gasteiger partial charge is 0.508 e. The third-order valence-corrected chi connectivity index (χ3v) is 14.8. The first kappa shape index (κ1) is 37.6. The zero-order chi connectivity index (χ0) is 43.0. The predicted octanol–water partition coefficient (Wildman–Crippen LogP) is 17.5. The minimum atomic E-state index is -0.0413. The first-order valence-electron chi connectivity index (χ1n) is 22.3. The number of hydrogen-bond donors (Lipinski definition) is 1. The molecule has 65 heavy (non-hydrogen) atoms. The van der Waals surface area contributed by atoms with E-state index in [0.717, 1.165) is 49.6 Å². The molecule has 0 saturated heterocycles. The number of phenolic OH excluding ortho intramolecular Hbond substituents is 1. The average molecular weight is 849 g/mol. The van der Waals surface area contributed by atoms with E-state index in [1.165, 1.54) is 81.3 Å². The zero-order valence-corrected chi connectivity index (χ0v) is 36.1. The van der Waals surface area contributed by atoms with Crippen LogP contribution in [0.15, 0.2) is 223 Å². The lowest BCUT2D eigenvalue weighted by Gasteiger charge is -2.20. The zero-order valence-electron chi connectivity index (χ0n) is 35.3. The Morgan fingerprint density at radius 2 is 1.05 bits per heavy atom. The fraction of sp³-hybridized carbons (Fsp3) is 0.0323. The summed E-state index contributed by atoms with van der Waals surface area (Å²) in [4.78, 5) is 0. The SMILES string of the molecule is Oc1cc2sc3c(-c4c5ccccc5c(-c5ccc6oc7c8ccccc8ccc7c6c5)c5ccccc45)cccc3c2cc1C(Cc1ccc(-c2ccccc2)cc1)c1ccccc1. The van der Waals surface area contributed by atoms with Gasteiger partial charge in [0, 0.05) is 53.4 Å². The highest BCUT2D eigenvalue weighted by Crippen LogP contribution is 2.50. The van der Waals surface area contributed by atoms with E-state index in [2.05, 4.69) is 212 Å². The fourth-order valence-corrected chi connectivity index (χ4v) is 11.7. The second-order valence-electron chi connectivity index (χ2n) is 17.2. The molecule has 0 fully saturated rings. The summed E-state index contributed by atoms with van der Waals surface area (Å²) in [6.45, 7) is 0. The van der Waals surface area contributed by atoms with E-state index < -0.39 is 0 Å². The highest BCUT2D eigenvalue weighted by Gasteiger charge is 2.24. The number of rotatable bonds is 7. The molecule has 2 nitrogen and oxygen atoms in total. The molecule has 306 valence electrons. The van der Waals surface area contributed by atoms with Crippen LogP contribution in [0.1, 0.15) is 22.6 Å². The van der Waals surface area contributed by atoms with Gasteiger partial charge < -0.3 is 9.52 Å². The Kier molecular flexibility index (Phi) is 8.72. The normalized spacial score (nSPS) is 12.4. The first-order valence-corrected chi connectivity index (χ1v) is 23.1. The Hall–Kier alpha value is -7.98. The van der Waals surface area contributed by atoms with Crippen molar-refractivity contribution in [3.63, 3.8) is 0 Å². The number of phenols is 1. The Balaban J connectivity index is 0.967. The van der Waals surface area contributed by atoms with E-state index in [1.807, 2.05) is 6.07 Å². The van der Waals surface area contributed by atoms with Gasteiger partial charge in [0.15, 0.2) is 0 Å². The van der Waals surface area contributed by atoms with Crippen LogP contribution in [0, 0.1) is 0 Å². The maximum absolute atomic E-state index is 12.0. The van der Waals surface area contributed by atoms with Crippen molar-refractivity contribution in [2.45, 2.75) is 12.3 Å². The lowest BCUT2D eigenvalue weighted by Crippen LogP contribution is -2.05. The smallest absolute Gasteiger partial charge is 0.143 e. The van der Waals surface area contributed by atoms with E-state index in [0.29, 0.717) is 5.75 Å². The molecule has 0 aliphatic rings. The van der Waals surface area contributed by atoms with Crippen LogP contribution in [0.4, 0.5) is 0 Å². The van der Waals surface area contributed by atoms with E-state index in [1.54, 1.807) is 11.3 Å². The van der Waals surface area contributed by atoms with Crippen molar-refractivity contribution in [1.29, 1.82) is 0 Å². The molecule has 0 amide bonds. The number of benzene rings is 11. The van der Waals surface area contributed by atoms with Gasteiger partial charge in [-0.3, -0.25) is 0 Å². The maximum Gasteiger partial charge on any atom is 0.143 e. The fourth-order valence-electron chi connectivity index (χ4n) is 10.5. The van der Waals surface area contributed by atoms with Crippen LogP contribution in [-0.2, 0) is 6.42 Å². The third-order valence-electron chi connectivity index (χ3n) is 13.6. The maximum atomic E-state index is 12.0. The van der Waals surface area contributed by atoms with E-state index in [4.69, 9.17) is 4.42 Å². The van der Waals surface area contributed by atoms with Crippen LogP contribution in [0.3, 0.4) is 0 Å². The van der Waals surface area contributed by atoms with Gasteiger partial charge in [0.05, 0.1) is 0 Å². The third kappa shape index (κ3) is 6.15. The molecule has 2 heterocycles. The molecule has 0 bridgehead atoms. The number of fused-ring (bicyclic) bond motifs is 10. The van der Waals surface area contributed by atoms with Crippen LogP contribution in [0.2, 0.25) is 0 Å². The van der Waals surface area contributed by atoms with Crippen molar-refractivity contribution in [2.24, 2.45) is 0 Å². The molecule has 1 N–H and O–H groups in total. The Morgan fingerprint density at radius 1 is 0.431 bits per heavy atom. The Labute approximate surface area is 379 Å². The minimum absolute atomic E-state index is 0.0413. The first-order chi connectivity index (χ1) is 32.1. The number of hydrogen-bond acceptors (Lipinski definition) is 3. The number of thiophene rings is 1. The van der Waals surface area contributed by atoms with E-state index in [-0.39, 0.29) is 5.92 Å². The molecule has 1 unspecified atom stereocenters. The highest BCUT2D eigenvalue weighted by atomic mass is 32.1. The van der Waals surface area contributed by atoms with Gasteiger partial charge in [0.25, 0.3) is 0 Å². The average Bonchev–Trinajstić information content (AvgIpc) is 3.93. The standard InChI is InChI=1S/C62H40O2S/c63-56-37-58-55(36-53(56)52(41-16-5-2-6-17-41)34-38-26-28-40(29-27-38)39-14-3-1-4-15-39)50-24-13-25-51(62(50)65-58)60-47-22-11-9-20-45(47)59(46-21-10-12-23-48(46)60)43-31-33-57-54(35-43)49-32-30-42-18-7-8-19-44(42)61(49)64-57/h1-33,35-37,52,63H,34H2. The van der Waals surface area contributed by atoms with Crippen LogP contribution < -0.4 is 0 Å². The molecule has 2 aromatic heterocycles. The van der Waals surface area contributed by atoms with Gasteiger partial charge >= 0.3 is 0 Å². The van der Waals surface area contributed by atoms with Gasteiger partial charge in [0.1, 0.15) is 16.9 Å². The van der Waals surface area contributed by atoms with Crippen molar-refractivity contribution < 1.29 is 9.52 Å². The molecule has 0 spiro atoms. The van der Waals surface area contributed by atoms with Gasteiger partial charge in [-0.25, -0.2) is 0 Å². The van der Waals surface area contributed by atoms with E-state index >= 15 is 0 Å². The summed E-state index contributed by atoms with van der Waals surface area (Å²) >= 11 is 1.77. The molecular weight excluding hydrogens is 809 g/mol. The molecule has 13 aromatic rings. The second kappa shape index (κ2) is 15.1. The summed E-state index contributed by atoms with van der Waals surface area (Å²) < 4.78 is 8.85. The molecule has 0 saturated carbocycles. The summed E-state index contributed by atoms with van der Waals surface area (Å²) in [5.41, 5.74) is 12.4. The number of furan rings is 1. The summed E-state index contributed by atoms with van der Waals surface area (Å²) in [6.07, 6.45) is 0.760. The molecule has 1 atom stereocenters. The van der Waals surface area contributed by atoms with Crippen molar-refractivity contribution >= 4 is 85.8 Å². The van der Waals surface area contributed by atoms with Crippen molar-refractivity contribution in [2.75, 3.05) is 0 Å². The van der Waals surface area contributed by atoms with Gasteiger partial charge in [-0.05, 0) is 103 Å². The van der Waals surface area contributed by atoms with Crippen LogP contribution >= 0.6 is 11.3 Å². The van der Waals surface area contributed by atoms with Gasteiger partial charge in [0.2, 0.25) is 0 Å². The lowest BCUT2D eigenvalue weighted by molar-refractivity contribution is 0.465. The quantitative estimate of drug-likeness (QED) is 0.162. The summed E-state index contributed by atoms with van der Waals surface area (Å²) in [5, 5.41) is 23.8. The summed E-state index contributed by atoms with van der Waals surface area (Å²) in [6, 6.07) is 78.4. The molecule has 11 aromatic carbocycles. The Bertz CT molecular complexity index is 3920. The lowest BCUT2D eigenvalue weighted by atomic mass is 9.84. The van der Waals surface area contributed by atoms with Crippen LogP contribution in [-0.4, -0.2) is 5.11 Å². The molecule has 3 heteroatoms. The highest BCUT2D eigenvalue weighted by molar-refractivity contribution is 7.26. The van der Waals surface area contributed by atoms with E-state index in [9.17, 15) is 5.11 Å². The molecule has 0 radical (unpaired) electrons. The van der Waals surface area contributed by atoms with Gasteiger partial charge in [-0.1, -0.05) is 188 Å². The molecular formula is C62H40O2S. The number of aromatic hydroxyl groups is 1. The van der Waals surface area contributed by atoms with Crippen LogP contribution in [0.5, 0.6) is 5.75 Å². The van der Waals surface area contributed by atoms with Crippen molar-refractivity contribution in [1.82, 2.24) is 0 Å². The van der Waals surface area contributed by atoms with Gasteiger partial charge in [-0.2, -0.15) is 0 Å². The van der Waals surface area contributed by atoms with Crippen LogP contribution in [0.25, 0.3) is 108 Å². The van der Waals surface area contributed by atoms with Crippen molar-refractivity contribution in [3.05, 3.63) is 235 Å². The van der Waals surface area contributed by atoms with Crippen molar-refractivity contribution in [3.8, 4) is 39.1 Å². The molecule has 0 aliphatic carbocycles. The summed E-state index contributed by atoms with van der Waals surface area (Å²) in [7, 11) is 0. The summed E-state index contributed by atoms with van der Waals surface area (Å²) in [5.74, 6) is 0.288. The molecule has 0 aliphatic heterocycles. The Morgan fingerprint density at radius 3 is 1.78 bits per heavy atom.